The molecule has 0 aromatic carbocycles. The van der Waals surface area contributed by atoms with E-state index < -0.39 is 15.9 Å². The fourth-order valence-electron chi connectivity index (χ4n) is 1.38. The number of nitrogens with one attached hydrogen (secondary N) is 1. The number of pyridine rings is 1. The summed E-state index contributed by atoms with van der Waals surface area (Å²) in [5.74, 6) is -0.314. The molecular weight excluding hydrogens is 282 g/mol. The summed E-state index contributed by atoms with van der Waals surface area (Å²) in [4.78, 5) is 15.8. The molecule has 0 radical (unpaired) electrons. The Hall–Kier alpha value is -2.19. The van der Waals surface area contributed by atoms with Gasteiger partial charge in [0.05, 0.1) is 0 Å². The molecule has 0 unspecified atom stereocenters. The van der Waals surface area contributed by atoms with E-state index in [1.807, 2.05) is 0 Å². The summed E-state index contributed by atoms with van der Waals surface area (Å²) < 4.78 is 29.7. The second kappa shape index (κ2) is 5.43. The van der Waals surface area contributed by atoms with Crippen LogP contribution in [0.15, 0.2) is 46.0 Å². The number of amides is 1. The van der Waals surface area contributed by atoms with Crippen LogP contribution in [0, 0.1) is 0 Å². The van der Waals surface area contributed by atoms with Crippen molar-refractivity contribution in [3.63, 3.8) is 0 Å². The van der Waals surface area contributed by atoms with Gasteiger partial charge >= 0.3 is 0 Å². The molecule has 0 saturated carbocycles. The number of nitrogens with zero attached hydrogens (tertiary/aromatic N) is 2. The molecule has 20 heavy (non-hydrogen) atoms. The lowest BCUT2D eigenvalue weighted by atomic mass is 10.4. The van der Waals surface area contributed by atoms with Gasteiger partial charge in [-0.05, 0) is 24.3 Å². The van der Waals surface area contributed by atoms with Crippen molar-refractivity contribution in [2.24, 2.45) is 0 Å². The van der Waals surface area contributed by atoms with Gasteiger partial charge in [-0.3, -0.25) is 4.79 Å². The van der Waals surface area contributed by atoms with Crippen molar-refractivity contribution in [1.82, 2.24) is 9.29 Å². The minimum atomic E-state index is -3.69. The molecule has 2 aromatic rings. The number of carbonyl (C=O) groups is 1. The quantitative estimate of drug-likeness (QED) is 0.914. The molecule has 1 N–H and O–H groups in total. The molecule has 0 saturated heterocycles. The van der Waals surface area contributed by atoms with E-state index in [0.717, 1.165) is 4.31 Å². The Labute approximate surface area is 116 Å². The Morgan fingerprint density at radius 2 is 2.00 bits per heavy atom. The maximum Gasteiger partial charge on any atom is 0.292 e. The highest BCUT2D eigenvalue weighted by atomic mass is 32.2. The number of hydrogen-bond donors (Lipinski definition) is 1. The van der Waals surface area contributed by atoms with Crippen molar-refractivity contribution < 1.29 is 17.6 Å². The van der Waals surface area contributed by atoms with E-state index in [9.17, 15) is 13.2 Å². The first kappa shape index (κ1) is 14.2. The van der Waals surface area contributed by atoms with Crippen LogP contribution >= 0.6 is 0 Å². The van der Waals surface area contributed by atoms with Crippen molar-refractivity contribution in [3.8, 4) is 0 Å². The summed E-state index contributed by atoms with van der Waals surface area (Å²) in [5, 5.41) is 2.22. The van der Waals surface area contributed by atoms with Crippen LogP contribution < -0.4 is 5.32 Å². The number of anilines is 1. The Balaban J connectivity index is 2.19. The van der Waals surface area contributed by atoms with Crippen molar-refractivity contribution in [1.29, 1.82) is 0 Å². The lowest BCUT2D eigenvalue weighted by molar-refractivity contribution is 0.0991. The van der Waals surface area contributed by atoms with Gasteiger partial charge in [-0.15, -0.1) is 0 Å². The summed E-state index contributed by atoms with van der Waals surface area (Å²) in [6, 6.07) is 7.58. The number of sulfonamides is 1. The third-order valence-electron chi connectivity index (χ3n) is 2.45. The van der Waals surface area contributed by atoms with Gasteiger partial charge in [-0.25, -0.2) is 17.7 Å². The number of aromatic nitrogens is 1. The second-order valence-electron chi connectivity index (χ2n) is 4.08. The van der Waals surface area contributed by atoms with Crippen LogP contribution in [0.3, 0.4) is 0 Å². The number of hydrogen-bond acceptors (Lipinski definition) is 5. The van der Waals surface area contributed by atoms with Crippen LogP contribution in [0.2, 0.25) is 0 Å². The lowest BCUT2D eigenvalue weighted by Crippen LogP contribution is -2.21. The van der Waals surface area contributed by atoms with Crippen LogP contribution in [-0.2, 0) is 10.0 Å². The Morgan fingerprint density at radius 1 is 1.25 bits per heavy atom. The Morgan fingerprint density at radius 3 is 2.60 bits per heavy atom. The van der Waals surface area contributed by atoms with Gasteiger partial charge < -0.3 is 9.73 Å². The van der Waals surface area contributed by atoms with E-state index in [-0.39, 0.29) is 10.9 Å². The molecule has 0 aliphatic heterocycles. The van der Waals surface area contributed by atoms with Crippen molar-refractivity contribution in [3.05, 3.63) is 42.3 Å². The minimum Gasteiger partial charge on any atom is -0.438 e. The summed E-state index contributed by atoms with van der Waals surface area (Å²) in [6.45, 7) is 0. The van der Waals surface area contributed by atoms with Crippen LogP contribution in [-0.4, -0.2) is 37.7 Å². The molecule has 0 bridgehead atoms. The van der Waals surface area contributed by atoms with Crippen molar-refractivity contribution in [2.75, 3.05) is 19.4 Å². The van der Waals surface area contributed by atoms with Crippen LogP contribution in [0.25, 0.3) is 0 Å². The summed E-state index contributed by atoms with van der Waals surface area (Å²) in [7, 11) is -0.931. The molecule has 0 spiro atoms. The van der Waals surface area contributed by atoms with Gasteiger partial charge in [0.15, 0.2) is 5.76 Å². The predicted molar refractivity (Wildman–Crippen MR) is 71.8 cm³/mol. The molecule has 2 aromatic heterocycles. The molecule has 8 heteroatoms. The summed E-state index contributed by atoms with van der Waals surface area (Å²) in [6.07, 6.45) is 1.53. The zero-order chi connectivity index (χ0) is 14.8. The summed E-state index contributed by atoms with van der Waals surface area (Å²) >= 11 is 0. The van der Waals surface area contributed by atoms with Gasteiger partial charge in [0.2, 0.25) is 5.09 Å². The average Bonchev–Trinajstić information content (AvgIpc) is 2.90. The van der Waals surface area contributed by atoms with Gasteiger partial charge in [-0.2, -0.15) is 0 Å². The highest BCUT2D eigenvalue weighted by molar-refractivity contribution is 7.88. The van der Waals surface area contributed by atoms with Gasteiger partial charge in [0.25, 0.3) is 15.9 Å². The molecule has 0 aliphatic rings. The van der Waals surface area contributed by atoms with Crippen LogP contribution in [0.1, 0.15) is 10.6 Å². The molecule has 2 heterocycles. The van der Waals surface area contributed by atoms with Gasteiger partial charge in [0, 0.05) is 20.3 Å². The largest absolute Gasteiger partial charge is 0.438 e. The first-order valence-electron chi connectivity index (χ1n) is 5.66. The predicted octanol–water partition coefficient (Wildman–Crippen LogP) is 1.18. The fraction of sp³-hybridized carbons (Fsp3) is 0.167. The number of furan rings is 1. The van der Waals surface area contributed by atoms with Crippen molar-refractivity contribution >= 4 is 21.7 Å². The Kier molecular flexibility index (Phi) is 3.86. The van der Waals surface area contributed by atoms with Crippen LogP contribution in [0.4, 0.5) is 5.82 Å². The molecule has 0 fully saturated rings. The van der Waals surface area contributed by atoms with E-state index >= 15 is 0 Å². The van der Waals surface area contributed by atoms with E-state index in [1.165, 1.54) is 32.4 Å². The maximum atomic E-state index is 11.9. The standard InChI is InChI=1S/C12H13N3O4S/c1-15(2)20(17,18)11-7-6-9(19-11)12(16)14-10-5-3-4-8-13-10/h3-8H,1-2H3,(H,13,14,16). The van der Waals surface area contributed by atoms with Crippen LogP contribution in [0.5, 0.6) is 0 Å². The van der Waals surface area contributed by atoms with E-state index in [2.05, 4.69) is 10.3 Å². The second-order valence-corrected chi connectivity index (χ2v) is 6.16. The highest BCUT2D eigenvalue weighted by Crippen LogP contribution is 2.17. The normalized spacial score (nSPS) is 11.6. The monoisotopic (exact) mass is 295 g/mol. The molecule has 2 rings (SSSR count). The van der Waals surface area contributed by atoms with E-state index in [4.69, 9.17) is 4.42 Å². The fourth-order valence-corrected chi connectivity index (χ4v) is 2.17. The summed E-state index contributed by atoms with van der Waals surface area (Å²) in [5.41, 5.74) is 0. The SMILES string of the molecule is CN(C)S(=O)(=O)c1ccc(C(=O)Nc2ccccn2)o1. The highest BCUT2D eigenvalue weighted by Gasteiger charge is 2.23. The third-order valence-corrected chi connectivity index (χ3v) is 4.14. The first-order valence-corrected chi connectivity index (χ1v) is 7.10. The third kappa shape index (κ3) is 2.86. The lowest BCUT2D eigenvalue weighted by Gasteiger charge is -2.07. The average molecular weight is 295 g/mol. The first-order chi connectivity index (χ1) is 9.41. The van der Waals surface area contributed by atoms with Crippen molar-refractivity contribution in [2.45, 2.75) is 5.09 Å². The molecule has 7 nitrogen and oxygen atoms in total. The van der Waals surface area contributed by atoms with E-state index in [0.29, 0.717) is 5.82 Å². The molecule has 106 valence electrons. The molecule has 0 atom stereocenters. The molecule has 1 amide bonds. The zero-order valence-electron chi connectivity index (χ0n) is 10.9. The van der Waals surface area contributed by atoms with Gasteiger partial charge in [0.1, 0.15) is 5.82 Å². The number of carbonyl (C=O) groups excluding carboxylic acids is 1. The minimum absolute atomic E-state index is 0.101. The van der Waals surface area contributed by atoms with Gasteiger partial charge in [-0.1, -0.05) is 6.07 Å². The molecule has 0 aliphatic carbocycles. The maximum absolute atomic E-state index is 11.9. The zero-order valence-corrected chi connectivity index (χ0v) is 11.7. The van der Waals surface area contributed by atoms with E-state index in [1.54, 1.807) is 18.2 Å². The Bertz CT molecular complexity index is 707. The smallest absolute Gasteiger partial charge is 0.292 e. The topological polar surface area (TPSA) is 92.5 Å². The number of rotatable bonds is 4. The molecular formula is C12H13N3O4S.